The molecule has 2 aromatic heterocycles. The van der Waals surface area contributed by atoms with E-state index in [4.69, 9.17) is 0 Å². The molecule has 3 rings (SSSR count). The van der Waals surface area contributed by atoms with Crippen molar-refractivity contribution in [1.29, 1.82) is 0 Å². The van der Waals surface area contributed by atoms with Crippen LogP contribution >= 0.6 is 0 Å². The maximum absolute atomic E-state index is 4.53. The van der Waals surface area contributed by atoms with Gasteiger partial charge in [0.05, 0.1) is 0 Å². The third-order valence-corrected chi connectivity index (χ3v) is 3.32. The van der Waals surface area contributed by atoms with Gasteiger partial charge in [0.2, 0.25) is 5.95 Å². The number of fused-ring (bicyclic) bond motifs is 1. The monoisotopic (exact) mass is 266 g/mol. The molecule has 20 heavy (non-hydrogen) atoms. The Morgan fingerprint density at radius 1 is 1.15 bits per heavy atom. The van der Waals surface area contributed by atoms with E-state index in [2.05, 4.69) is 46.6 Å². The minimum atomic E-state index is 0.287. The van der Waals surface area contributed by atoms with E-state index in [-0.39, 0.29) is 6.04 Å². The minimum absolute atomic E-state index is 0.287. The molecule has 0 amide bonds. The lowest BCUT2D eigenvalue weighted by Crippen LogP contribution is -2.18. The highest BCUT2D eigenvalue weighted by atomic mass is 15.3. The van der Waals surface area contributed by atoms with E-state index in [1.54, 1.807) is 0 Å². The zero-order valence-corrected chi connectivity index (χ0v) is 11.7. The van der Waals surface area contributed by atoms with Crippen LogP contribution in [-0.2, 0) is 6.42 Å². The molecule has 0 saturated heterocycles. The molecule has 0 aliphatic rings. The van der Waals surface area contributed by atoms with Crippen molar-refractivity contribution in [3.63, 3.8) is 0 Å². The summed E-state index contributed by atoms with van der Waals surface area (Å²) in [5, 5.41) is 7.81. The lowest BCUT2D eigenvalue weighted by molar-refractivity contribution is 0.775. The quantitative estimate of drug-likeness (QED) is 0.789. The van der Waals surface area contributed by atoms with Gasteiger partial charge in [0.25, 0.3) is 0 Å². The first kappa shape index (κ1) is 12.7. The van der Waals surface area contributed by atoms with Crippen LogP contribution in [0.1, 0.15) is 18.1 Å². The molecule has 1 N–H and O–H groups in total. The highest BCUT2D eigenvalue weighted by molar-refractivity contribution is 5.50. The maximum Gasteiger partial charge on any atom is 0.243 e. The van der Waals surface area contributed by atoms with Crippen molar-refractivity contribution in [2.45, 2.75) is 26.3 Å². The van der Waals surface area contributed by atoms with Crippen LogP contribution in [0.3, 0.4) is 0 Å². The summed E-state index contributed by atoms with van der Waals surface area (Å²) in [6, 6.07) is 14.8. The first-order chi connectivity index (χ1) is 9.72. The number of nitrogens with one attached hydrogen (secondary N) is 1. The maximum atomic E-state index is 4.53. The minimum Gasteiger partial charge on any atom is -0.350 e. The number of hydrogen-bond acceptors (Lipinski definition) is 3. The van der Waals surface area contributed by atoms with Crippen LogP contribution in [0.5, 0.6) is 0 Å². The fraction of sp³-hybridized carbons (Fsp3) is 0.250. The van der Waals surface area contributed by atoms with Crippen LogP contribution in [0, 0.1) is 6.92 Å². The van der Waals surface area contributed by atoms with E-state index in [9.17, 15) is 0 Å². The lowest BCUT2D eigenvalue weighted by Gasteiger charge is -2.11. The van der Waals surface area contributed by atoms with Gasteiger partial charge in [-0.25, -0.2) is 4.52 Å². The van der Waals surface area contributed by atoms with Crippen LogP contribution in [0.4, 0.5) is 5.95 Å². The van der Waals surface area contributed by atoms with Crippen molar-refractivity contribution in [2.24, 2.45) is 0 Å². The Hall–Kier alpha value is -2.36. The van der Waals surface area contributed by atoms with Crippen molar-refractivity contribution in [3.8, 4) is 0 Å². The predicted molar refractivity (Wildman–Crippen MR) is 81.0 cm³/mol. The largest absolute Gasteiger partial charge is 0.350 e. The van der Waals surface area contributed by atoms with E-state index in [0.717, 1.165) is 17.6 Å². The summed E-state index contributed by atoms with van der Waals surface area (Å²) in [5.74, 6) is 0.683. The number of pyridine rings is 1. The summed E-state index contributed by atoms with van der Waals surface area (Å²) in [7, 11) is 0. The molecule has 1 unspecified atom stereocenters. The predicted octanol–water partition coefficient (Wildman–Crippen LogP) is 3.08. The topological polar surface area (TPSA) is 42.2 Å². The molecule has 1 aromatic carbocycles. The highest BCUT2D eigenvalue weighted by Crippen LogP contribution is 2.12. The summed E-state index contributed by atoms with van der Waals surface area (Å²) in [6.07, 6.45) is 2.87. The van der Waals surface area contributed by atoms with E-state index in [1.165, 1.54) is 5.56 Å². The number of aromatic nitrogens is 3. The van der Waals surface area contributed by atoms with Crippen LogP contribution in [0.15, 0.2) is 48.7 Å². The number of benzene rings is 1. The van der Waals surface area contributed by atoms with Crippen molar-refractivity contribution < 1.29 is 0 Å². The van der Waals surface area contributed by atoms with Crippen molar-refractivity contribution in [1.82, 2.24) is 14.6 Å². The molecule has 1 atom stereocenters. The lowest BCUT2D eigenvalue weighted by atomic mass is 10.1. The first-order valence-electron chi connectivity index (χ1n) is 6.85. The second kappa shape index (κ2) is 5.33. The molecule has 0 spiro atoms. The molecule has 0 saturated carbocycles. The van der Waals surface area contributed by atoms with E-state index < -0.39 is 0 Å². The second-order valence-electron chi connectivity index (χ2n) is 5.13. The van der Waals surface area contributed by atoms with E-state index in [1.807, 2.05) is 35.8 Å². The van der Waals surface area contributed by atoms with Crippen molar-refractivity contribution in [2.75, 3.05) is 5.32 Å². The number of rotatable bonds is 4. The van der Waals surface area contributed by atoms with Crippen molar-refractivity contribution >= 4 is 11.6 Å². The summed E-state index contributed by atoms with van der Waals surface area (Å²) in [4.78, 5) is 4.53. The normalized spacial score (nSPS) is 12.5. The molecule has 3 aromatic rings. The summed E-state index contributed by atoms with van der Waals surface area (Å²) < 4.78 is 1.81. The Morgan fingerprint density at radius 3 is 2.70 bits per heavy atom. The zero-order valence-electron chi connectivity index (χ0n) is 11.7. The molecule has 102 valence electrons. The molecular weight excluding hydrogens is 248 g/mol. The summed E-state index contributed by atoms with van der Waals surface area (Å²) in [5.41, 5.74) is 3.35. The van der Waals surface area contributed by atoms with Gasteiger partial charge in [-0.1, -0.05) is 36.4 Å². The molecular formula is C16H18N4. The standard InChI is InChI=1S/C16H18N4/c1-12-7-6-10-20-15(12)18-16(19-20)17-13(2)11-14-8-4-3-5-9-14/h3-10,13H,11H2,1-2H3,(H,17,19). The van der Waals surface area contributed by atoms with Gasteiger partial charge in [0, 0.05) is 12.2 Å². The molecule has 2 heterocycles. The smallest absolute Gasteiger partial charge is 0.243 e. The van der Waals surface area contributed by atoms with Crippen LogP contribution in [0.25, 0.3) is 5.65 Å². The van der Waals surface area contributed by atoms with Gasteiger partial charge in [0.1, 0.15) is 0 Å². The second-order valence-corrected chi connectivity index (χ2v) is 5.13. The summed E-state index contributed by atoms with van der Waals surface area (Å²) in [6.45, 7) is 4.19. The number of nitrogens with zero attached hydrogens (tertiary/aromatic N) is 3. The van der Waals surface area contributed by atoms with Gasteiger partial charge < -0.3 is 5.32 Å². The number of anilines is 1. The fourth-order valence-corrected chi connectivity index (χ4v) is 2.34. The Labute approximate surface area is 118 Å². The Morgan fingerprint density at radius 2 is 1.95 bits per heavy atom. The SMILES string of the molecule is Cc1cccn2nc(NC(C)Cc3ccccc3)nc12. The zero-order chi connectivity index (χ0) is 13.9. The molecule has 4 heteroatoms. The van der Waals surface area contributed by atoms with Crippen LogP contribution < -0.4 is 5.32 Å². The van der Waals surface area contributed by atoms with Gasteiger partial charge in [-0.2, -0.15) is 4.98 Å². The van der Waals surface area contributed by atoms with Gasteiger partial charge >= 0.3 is 0 Å². The molecule has 0 aliphatic heterocycles. The average molecular weight is 266 g/mol. The van der Waals surface area contributed by atoms with Crippen LogP contribution in [-0.4, -0.2) is 20.6 Å². The Bertz CT molecular complexity index is 703. The van der Waals surface area contributed by atoms with Gasteiger partial charge in [-0.05, 0) is 37.5 Å². The molecule has 0 aliphatic carbocycles. The number of hydrogen-bond donors (Lipinski definition) is 1. The Balaban J connectivity index is 1.74. The number of aryl methyl sites for hydroxylation is 1. The van der Waals surface area contributed by atoms with Crippen LogP contribution in [0.2, 0.25) is 0 Å². The molecule has 4 nitrogen and oxygen atoms in total. The highest BCUT2D eigenvalue weighted by Gasteiger charge is 2.09. The first-order valence-corrected chi connectivity index (χ1v) is 6.85. The molecule has 0 bridgehead atoms. The van der Waals surface area contributed by atoms with Crippen molar-refractivity contribution in [3.05, 3.63) is 59.8 Å². The average Bonchev–Trinajstić information content (AvgIpc) is 2.83. The van der Waals surface area contributed by atoms with Gasteiger partial charge in [-0.15, -0.1) is 5.10 Å². The van der Waals surface area contributed by atoms with Gasteiger partial charge in [-0.3, -0.25) is 0 Å². The van der Waals surface area contributed by atoms with E-state index in [0.29, 0.717) is 5.95 Å². The Kier molecular flexibility index (Phi) is 3.37. The molecule has 0 fully saturated rings. The third kappa shape index (κ3) is 2.64. The summed E-state index contributed by atoms with van der Waals surface area (Å²) >= 11 is 0. The van der Waals surface area contributed by atoms with E-state index >= 15 is 0 Å². The van der Waals surface area contributed by atoms with Gasteiger partial charge in [0.15, 0.2) is 5.65 Å². The third-order valence-electron chi connectivity index (χ3n) is 3.32. The fourth-order valence-electron chi connectivity index (χ4n) is 2.34. The molecule has 0 radical (unpaired) electrons.